The number of amides is 2. The van der Waals surface area contributed by atoms with E-state index in [1.807, 2.05) is 0 Å². The molecular formula is C11H12ClFN2O3. The van der Waals surface area contributed by atoms with Crippen LogP contribution in [0.15, 0.2) is 18.2 Å². The largest absolute Gasteiger partial charge is 0.481 e. The lowest BCUT2D eigenvalue weighted by Crippen LogP contribution is -2.34. The van der Waals surface area contributed by atoms with E-state index in [-0.39, 0.29) is 17.3 Å². The standard InChI is InChI=1S/C11H12ClFN2O3/c1-6(10(16)17)5-14-11(18)15-9-4-7(13)2-3-8(9)12/h2-4,6H,5H2,1H3,(H,16,17)(H2,14,15,18). The van der Waals surface area contributed by atoms with Crippen LogP contribution in [0, 0.1) is 11.7 Å². The summed E-state index contributed by atoms with van der Waals surface area (Å²) in [6, 6.07) is 2.91. The van der Waals surface area contributed by atoms with Crippen molar-refractivity contribution in [3.8, 4) is 0 Å². The molecule has 0 aliphatic heterocycles. The summed E-state index contributed by atoms with van der Waals surface area (Å²) in [6.45, 7) is 1.42. The molecule has 5 nitrogen and oxygen atoms in total. The number of rotatable bonds is 4. The smallest absolute Gasteiger partial charge is 0.319 e. The second-order valence-electron chi connectivity index (χ2n) is 3.70. The SMILES string of the molecule is CC(CNC(=O)Nc1cc(F)ccc1Cl)C(=O)O. The molecule has 0 saturated heterocycles. The summed E-state index contributed by atoms with van der Waals surface area (Å²) < 4.78 is 12.9. The number of halogens is 2. The fourth-order valence-corrected chi connectivity index (χ4v) is 1.26. The van der Waals surface area contributed by atoms with Crippen LogP contribution in [0.1, 0.15) is 6.92 Å². The van der Waals surface area contributed by atoms with E-state index < -0.39 is 23.7 Å². The number of benzene rings is 1. The molecule has 1 rings (SSSR count). The van der Waals surface area contributed by atoms with Gasteiger partial charge in [0.2, 0.25) is 0 Å². The minimum atomic E-state index is -1.01. The molecule has 1 aromatic rings. The molecule has 3 N–H and O–H groups in total. The van der Waals surface area contributed by atoms with Crippen LogP contribution in [0.3, 0.4) is 0 Å². The van der Waals surface area contributed by atoms with Gasteiger partial charge in [0.15, 0.2) is 0 Å². The van der Waals surface area contributed by atoms with Gasteiger partial charge in [-0.3, -0.25) is 4.79 Å². The number of hydrogen-bond donors (Lipinski definition) is 3. The van der Waals surface area contributed by atoms with E-state index in [4.69, 9.17) is 16.7 Å². The summed E-state index contributed by atoms with van der Waals surface area (Å²) in [5, 5.41) is 13.5. The predicted molar refractivity (Wildman–Crippen MR) is 65.2 cm³/mol. The molecular weight excluding hydrogens is 263 g/mol. The molecule has 0 aliphatic carbocycles. The Morgan fingerprint density at radius 3 is 2.78 bits per heavy atom. The number of urea groups is 1. The lowest BCUT2D eigenvalue weighted by Gasteiger charge is -2.10. The van der Waals surface area contributed by atoms with Crippen molar-refractivity contribution in [1.29, 1.82) is 0 Å². The predicted octanol–water partition coefficient (Wildman–Crippen LogP) is 2.32. The van der Waals surface area contributed by atoms with Gasteiger partial charge in [0.1, 0.15) is 5.82 Å². The van der Waals surface area contributed by atoms with Crippen molar-refractivity contribution in [1.82, 2.24) is 5.32 Å². The summed E-state index contributed by atoms with van der Waals surface area (Å²) in [7, 11) is 0. The van der Waals surface area contributed by atoms with E-state index >= 15 is 0 Å². The van der Waals surface area contributed by atoms with Crippen molar-refractivity contribution >= 4 is 29.3 Å². The van der Waals surface area contributed by atoms with Crippen molar-refractivity contribution in [3.05, 3.63) is 29.0 Å². The van der Waals surface area contributed by atoms with Crippen LogP contribution in [-0.4, -0.2) is 23.7 Å². The summed E-state index contributed by atoms with van der Waals surface area (Å²) in [6.07, 6.45) is 0. The lowest BCUT2D eigenvalue weighted by molar-refractivity contribution is -0.140. The van der Waals surface area contributed by atoms with Crippen LogP contribution in [-0.2, 0) is 4.79 Å². The second kappa shape index (κ2) is 6.20. The Hall–Kier alpha value is -1.82. The Morgan fingerprint density at radius 1 is 1.50 bits per heavy atom. The molecule has 0 bridgehead atoms. The summed E-state index contributed by atoms with van der Waals surface area (Å²) in [4.78, 5) is 21.9. The fraction of sp³-hybridized carbons (Fsp3) is 0.273. The van der Waals surface area contributed by atoms with Crippen LogP contribution in [0.25, 0.3) is 0 Å². The maximum absolute atomic E-state index is 12.9. The molecule has 7 heteroatoms. The van der Waals surface area contributed by atoms with Gasteiger partial charge in [-0.2, -0.15) is 0 Å². The van der Waals surface area contributed by atoms with Gasteiger partial charge in [-0.25, -0.2) is 9.18 Å². The highest BCUT2D eigenvalue weighted by Crippen LogP contribution is 2.22. The molecule has 98 valence electrons. The minimum Gasteiger partial charge on any atom is -0.481 e. The van der Waals surface area contributed by atoms with E-state index in [0.717, 1.165) is 12.1 Å². The molecule has 0 saturated carbocycles. The molecule has 1 unspecified atom stereocenters. The van der Waals surface area contributed by atoms with Crippen LogP contribution in [0.5, 0.6) is 0 Å². The van der Waals surface area contributed by atoms with E-state index in [0.29, 0.717) is 0 Å². The second-order valence-corrected chi connectivity index (χ2v) is 4.11. The lowest BCUT2D eigenvalue weighted by atomic mass is 10.2. The zero-order chi connectivity index (χ0) is 13.7. The first-order chi connectivity index (χ1) is 8.40. The first kappa shape index (κ1) is 14.2. The average Bonchev–Trinajstić information content (AvgIpc) is 2.30. The minimum absolute atomic E-state index is 0.0336. The molecule has 18 heavy (non-hydrogen) atoms. The first-order valence-electron chi connectivity index (χ1n) is 5.13. The number of carbonyl (C=O) groups is 2. The van der Waals surface area contributed by atoms with Gasteiger partial charge in [-0.05, 0) is 18.2 Å². The molecule has 0 spiro atoms. The van der Waals surface area contributed by atoms with E-state index in [9.17, 15) is 14.0 Å². The third-order valence-corrected chi connectivity index (χ3v) is 2.50. The molecule has 0 radical (unpaired) electrons. The number of hydrogen-bond acceptors (Lipinski definition) is 2. The Morgan fingerprint density at radius 2 is 2.17 bits per heavy atom. The number of carboxylic acid groups (broad SMARTS) is 1. The molecule has 1 atom stereocenters. The van der Waals surface area contributed by atoms with E-state index in [1.165, 1.54) is 13.0 Å². The van der Waals surface area contributed by atoms with Crippen molar-refractivity contribution in [2.24, 2.45) is 5.92 Å². The quantitative estimate of drug-likeness (QED) is 0.788. The highest BCUT2D eigenvalue weighted by atomic mass is 35.5. The van der Waals surface area contributed by atoms with Gasteiger partial charge in [0, 0.05) is 6.54 Å². The monoisotopic (exact) mass is 274 g/mol. The topological polar surface area (TPSA) is 78.4 Å². The van der Waals surface area contributed by atoms with Gasteiger partial charge < -0.3 is 15.7 Å². The summed E-state index contributed by atoms with van der Waals surface area (Å²) in [5.74, 6) is -2.26. The Kier molecular flexibility index (Phi) is 4.91. The third kappa shape index (κ3) is 4.21. The van der Waals surface area contributed by atoms with Gasteiger partial charge >= 0.3 is 12.0 Å². The third-order valence-electron chi connectivity index (χ3n) is 2.17. The number of nitrogens with one attached hydrogen (secondary N) is 2. The number of aliphatic carboxylic acids is 1. The van der Waals surface area contributed by atoms with Crippen LogP contribution in [0.2, 0.25) is 5.02 Å². The molecule has 2 amide bonds. The van der Waals surface area contributed by atoms with E-state index in [1.54, 1.807) is 0 Å². The molecule has 0 aromatic heterocycles. The van der Waals surface area contributed by atoms with Gasteiger partial charge in [-0.15, -0.1) is 0 Å². The Bertz CT molecular complexity index is 468. The first-order valence-corrected chi connectivity index (χ1v) is 5.50. The Labute approximate surface area is 108 Å². The highest BCUT2D eigenvalue weighted by molar-refractivity contribution is 6.33. The number of carbonyl (C=O) groups excluding carboxylic acids is 1. The van der Waals surface area contributed by atoms with Crippen LogP contribution in [0.4, 0.5) is 14.9 Å². The Balaban J connectivity index is 2.54. The van der Waals surface area contributed by atoms with Crippen LogP contribution >= 0.6 is 11.6 Å². The van der Waals surface area contributed by atoms with Gasteiger partial charge in [0.05, 0.1) is 16.6 Å². The maximum Gasteiger partial charge on any atom is 0.319 e. The highest BCUT2D eigenvalue weighted by Gasteiger charge is 2.12. The van der Waals surface area contributed by atoms with Crippen molar-refractivity contribution in [2.75, 3.05) is 11.9 Å². The van der Waals surface area contributed by atoms with Crippen molar-refractivity contribution in [3.63, 3.8) is 0 Å². The number of anilines is 1. The van der Waals surface area contributed by atoms with Gasteiger partial charge in [0.25, 0.3) is 0 Å². The molecule has 0 aliphatic rings. The normalized spacial score (nSPS) is 11.7. The average molecular weight is 275 g/mol. The molecule has 1 aromatic carbocycles. The fourth-order valence-electron chi connectivity index (χ4n) is 1.09. The zero-order valence-corrected chi connectivity index (χ0v) is 10.3. The van der Waals surface area contributed by atoms with Crippen molar-refractivity contribution < 1.29 is 19.1 Å². The molecule has 0 heterocycles. The summed E-state index contributed by atoms with van der Waals surface area (Å²) >= 11 is 5.75. The van der Waals surface area contributed by atoms with E-state index in [2.05, 4.69) is 10.6 Å². The number of carboxylic acids is 1. The maximum atomic E-state index is 12.9. The van der Waals surface area contributed by atoms with Crippen LogP contribution < -0.4 is 10.6 Å². The summed E-state index contributed by atoms with van der Waals surface area (Å²) in [5.41, 5.74) is 0.122. The molecule has 0 fully saturated rings. The van der Waals surface area contributed by atoms with Crippen molar-refractivity contribution in [2.45, 2.75) is 6.92 Å². The zero-order valence-electron chi connectivity index (χ0n) is 9.54. The van der Waals surface area contributed by atoms with Gasteiger partial charge in [-0.1, -0.05) is 18.5 Å².